The van der Waals surface area contributed by atoms with Gasteiger partial charge in [0.2, 0.25) is 0 Å². The van der Waals surface area contributed by atoms with E-state index in [-0.39, 0.29) is 12.0 Å². The fourth-order valence-electron chi connectivity index (χ4n) is 1.53. The molecule has 0 rings (SSSR count). The third-order valence-electron chi connectivity index (χ3n) is 2.10. The summed E-state index contributed by atoms with van der Waals surface area (Å²) in [5.74, 6) is 0.0659. The number of hydrogen-bond acceptors (Lipinski definition) is 2. The number of carbonyl (C=O) groups excluding carboxylic acids is 1. The summed E-state index contributed by atoms with van der Waals surface area (Å²) >= 11 is 0. The molecule has 1 amide bonds. The zero-order chi connectivity index (χ0) is 11.4. The van der Waals surface area contributed by atoms with Crippen LogP contribution in [0.15, 0.2) is 0 Å². The van der Waals surface area contributed by atoms with Gasteiger partial charge in [0.05, 0.1) is 6.10 Å². The number of nitrogens with zero attached hydrogens (tertiary/aromatic N) is 1. The maximum Gasteiger partial charge on any atom is 0.254 e. The first kappa shape index (κ1) is 13.4. The summed E-state index contributed by atoms with van der Waals surface area (Å²) in [6, 6.07) is 0. The highest BCUT2D eigenvalue weighted by Gasteiger charge is 2.32. The van der Waals surface area contributed by atoms with Crippen molar-refractivity contribution in [2.45, 2.75) is 53.2 Å². The predicted octanol–water partition coefficient (Wildman–Crippen LogP) is 2.06. The molecule has 0 aliphatic rings. The van der Waals surface area contributed by atoms with Gasteiger partial charge in [-0.05, 0) is 41.5 Å². The van der Waals surface area contributed by atoms with Crippen molar-refractivity contribution in [3.8, 4) is 0 Å². The Hall–Kier alpha value is -0.570. The molecule has 3 heteroatoms. The van der Waals surface area contributed by atoms with Crippen LogP contribution in [0.2, 0.25) is 0 Å². The summed E-state index contributed by atoms with van der Waals surface area (Å²) in [6.07, 6.45) is 0.0736. The highest BCUT2D eigenvalue weighted by atomic mass is 16.5. The zero-order valence-corrected chi connectivity index (χ0v) is 10.3. The van der Waals surface area contributed by atoms with Crippen molar-refractivity contribution in [1.82, 2.24) is 4.90 Å². The molecular formula is C11H23NO2. The van der Waals surface area contributed by atoms with Crippen molar-refractivity contribution in [3.05, 3.63) is 0 Å². The Morgan fingerprint density at radius 1 is 1.29 bits per heavy atom. The summed E-state index contributed by atoms with van der Waals surface area (Å²) in [5.41, 5.74) is -0.708. The minimum absolute atomic E-state index is 0.0659. The van der Waals surface area contributed by atoms with Crippen molar-refractivity contribution >= 4 is 5.91 Å². The lowest BCUT2D eigenvalue weighted by atomic mass is 10.1. The van der Waals surface area contributed by atoms with E-state index in [0.717, 1.165) is 13.1 Å². The molecule has 14 heavy (non-hydrogen) atoms. The van der Waals surface area contributed by atoms with Crippen LogP contribution in [0.4, 0.5) is 0 Å². The lowest BCUT2D eigenvalue weighted by Gasteiger charge is -2.32. The first-order chi connectivity index (χ1) is 6.35. The van der Waals surface area contributed by atoms with Crippen LogP contribution in [0.3, 0.4) is 0 Å². The first-order valence-corrected chi connectivity index (χ1v) is 5.32. The molecule has 0 saturated carbocycles. The number of rotatable bonds is 5. The second-order valence-electron chi connectivity index (χ2n) is 4.15. The molecule has 0 spiro atoms. The van der Waals surface area contributed by atoms with Gasteiger partial charge in [-0.15, -0.1) is 0 Å². The van der Waals surface area contributed by atoms with Crippen LogP contribution in [-0.4, -0.2) is 35.6 Å². The average molecular weight is 201 g/mol. The van der Waals surface area contributed by atoms with Crippen LogP contribution in [0, 0.1) is 0 Å². The molecule has 0 N–H and O–H groups in total. The van der Waals surface area contributed by atoms with Gasteiger partial charge in [-0.25, -0.2) is 0 Å². The highest BCUT2D eigenvalue weighted by Crippen LogP contribution is 2.15. The monoisotopic (exact) mass is 201 g/mol. The maximum absolute atomic E-state index is 12.0. The standard InChI is InChI=1S/C11H23NO2/c1-7-12(8-2)10(13)11(5,6)14-9(3)4/h9H,7-8H2,1-6H3. The Kier molecular flexibility index (Phi) is 5.13. The van der Waals surface area contributed by atoms with E-state index in [1.54, 1.807) is 4.90 Å². The van der Waals surface area contributed by atoms with Crippen LogP contribution in [0.5, 0.6) is 0 Å². The third-order valence-corrected chi connectivity index (χ3v) is 2.10. The minimum Gasteiger partial charge on any atom is -0.363 e. The molecule has 0 unspecified atom stereocenters. The largest absolute Gasteiger partial charge is 0.363 e. The summed E-state index contributed by atoms with van der Waals surface area (Å²) < 4.78 is 5.59. The van der Waals surface area contributed by atoms with Crippen LogP contribution < -0.4 is 0 Å². The van der Waals surface area contributed by atoms with Crippen molar-refractivity contribution < 1.29 is 9.53 Å². The van der Waals surface area contributed by atoms with E-state index in [1.165, 1.54) is 0 Å². The van der Waals surface area contributed by atoms with Crippen molar-refractivity contribution in [2.24, 2.45) is 0 Å². The van der Waals surface area contributed by atoms with Crippen LogP contribution in [0.25, 0.3) is 0 Å². The molecule has 0 aromatic rings. The van der Waals surface area contributed by atoms with E-state index in [2.05, 4.69) is 0 Å². The molecule has 0 radical (unpaired) electrons. The number of likely N-dealkylation sites (N-methyl/N-ethyl adjacent to an activating group) is 1. The quantitative estimate of drug-likeness (QED) is 0.681. The van der Waals surface area contributed by atoms with Crippen LogP contribution >= 0.6 is 0 Å². The molecule has 0 aromatic heterocycles. The van der Waals surface area contributed by atoms with Gasteiger partial charge in [-0.3, -0.25) is 4.79 Å². The second kappa shape index (κ2) is 5.35. The molecule has 0 aromatic carbocycles. The lowest BCUT2D eigenvalue weighted by molar-refractivity contribution is -0.158. The molecule has 3 nitrogen and oxygen atoms in total. The van der Waals surface area contributed by atoms with Crippen molar-refractivity contribution in [2.75, 3.05) is 13.1 Å². The van der Waals surface area contributed by atoms with Gasteiger partial charge in [0.15, 0.2) is 0 Å². The van der Waals surface area contributed by atoms with E-state index in [1.807, 2.05) is 41.5 Å². The van der Waals surface area contributed by atoms with Crippen molar-refractivity contribution in [1.29, 1.82) is 0 Å². The van der Waals surface area contributed by atoms with Gasteiger partial charge in [0.25, 0.3) is 5.91 Å². The van der Waals surface area contributed by atoms with Gasteiger partial charge >= 0.3 is 0 Å². The van der Waals surface area contributed by atoms with E-state index in [9.17, 15) is 4.79 Å². The highest BCUT2D eigenvalue weighted by molar-refractivity contribution is 5.84. The Balaban J connectivity index is 4.47. The molecule has 84 valence electrons. The van der Waals surface area contributed by atoms with Gasteiger partial charge in [-0.1, -0.05) is 0 Å². The molecule has 0 aliphatic heterocycles. The number of ether oxygens (including phenoxy) is 1. The normalized spacial score (nSPS) is 11.9. The first-order valence-electron chi connectivity index (χ1n) is 5.32. The van der Waals surface area contributed by atoms with E-state index < -0.39 is 5.60 Å². The lowest BCUT2D eigenvalue weighted by Crippen LogP contribution is -2.47. The molecule has 0 bridgehead atoms. The maximum atomic E-state index is 12.0. The van der Waals surface area contributed by atoms with Gasteiger partial charge < -0.3 is 9.64 Å². The molecule has 0 atom stereocenters. The Morgan fingerprint density at radius 3 is 2.00 bits per heavy atom. The van der Waals surface area contributed by atoms with Gasteiger partial charge in [0.1, 0.15) is 5.60 Å². The van der Waals surface area contributed by atoms with E-state index in [4.69, 9.17) is 4.74 Å². The second-order valence-corrected chi connectivity index (χ2v) is 4.15. The van der Waals surface area contributed by atoms with Crippen molar-refractivity contribution in [3.63, 3.8) is 0 Å². The summed E-state index contributed by atoms with van der Waals surface area (Å²) in [6.45, 7) is 13.0. The van der Waals surface area contributed by atoms with Gasteiger partial charge in [0, 0.05) is 13.1 Å². The zero-order valence-electron chi connectivity index (χ0n) is 10.3. The summed E-state index contributed by atoms with van der Waals surface area (Å²) in [7, 11) is 0. The Bertz CT molecular complexity index is 184. The number of carbonyl (C=O) groups is 1. The smallest absolute Gasteiger partial charge is 0.254 e. The molecule has 0 fully saturated rings. The molecule has 0 heterocycles. The molecular weight excluding hydrogens is 178 g/mol. The van der Waals surface area contributed by atoms with E-state index in [0.29, 0.717) is 0 Å². The fourth-order valence-corrected chi connectivity index (χ4v) is 1.53. The average Bonchev–Trinajstić information content (AvgIpc) is 2.04. The molecule has 0 aliphatic carbocycles. The number of amides is 1. The third kappa shape index (κ3) is 3.66. The SMILES string of the molecule is CCN(CC)C(=O)C(C)(C)OC(C)C. The minimum atomic E-state index is -0.708. The summed E-state index contributed by atoms with van der Waals surface area (Å²) in [5, 5.41) is 0. The topological polar surface area (TPSA) is 29.5 Å². The van der Waals surface area contributed by atoms with Crippen LogP contribution in [-0.2, 0) is 9.53 Å². The van der Waals surface area contributed by atoms with E-state index >= 15 is 0 Å². The predicted molar refractivity (Wildman–Crippen MR) is 58.2 cm³/mol. The Morgan fingerprint density at radius 2 is 1.71 bits per heavy atom. The summed E-state index contributed by atoms with van der Waals surface area (Å²) in [4.78, 5) is 13.8. The van der Waals surface area contributed by atoms with Gasteiger partial charge in [-0.2, -0.15) is 0 Å². The Labute approximate surface area is 87.4 Å². The number of hydrogen-bond donors (Lipinski definition) is 0. The fraction of sp³-hybridized carbons (Fsp3) is 0.909. The molecule has 0 saturated heterocycles. The van der Waals surface area contributed by atoms with Crippen LogP contribution in [0.1, 0.15) is 41.5 Å².